The van der Waals surface area contributed by atoms with Gasteiger partial charge in [-0.2, -0.15) is 0 Å². The molecule has 0 atom stereocenters. The molecule has 1 aromatic rings. The van der Waals surface area contributed by atoms with Crippen molar-refractivity contribution in [2.45, 2.75) is 0 Å². The summed E-state index contributed by atoms with van der Waals surface area (Å²) in [6.45, 7) is 0. The monoisotopic (exact) mass is 197 g/mol. The molecule has 2 amide bonds. The third-order valence-electron chi connectivity index (χ3n) is 2.14. The normalized spacial score (nSPS) is 15.1. The van der Waals surface area contributed by atoms with E-state index in [4.69, 9.17) is 6.42 Å². The van der Waals surface area contributed by atoms with E-state index in [2.05, 4.69) is 11.2 Å². The van der Waals surface area contributed by atoms with Gasteiger partial charge in [-0.1, -0.05) is 36.3 Å². The number of amides is 2. The van der Waals surface area contributed by atoms with Gasteiger partial charge in [0, 0.05) is 0 Å². The van der Waals surface area contributed by atoms with Crippen LogP contribution in [0, 0.1) is 12.3 Å². The van der Waals surface area contributed by atoms with Crippen molar-refractivity contribution < 1.29 is 9.59 Å². The molecular weight excluding hydrogens is 190 g/mol. The summed E-state index contributed by atoms with van der Waals surface area (Å²) in [5, 5.41) is 2.17. The molecule has 0 aliphatic carbocycles. The Bertz CT molecular complexity index is 506. The molecule has 0 saturated heterocycles. The molecule has 2 rings (SSSR count). The van der Waals surface area contributed by atoms with Crippen molar-refractivity contribution in [3.8, 4) is 12.3 Å². The summed E-state index contributed by atoms with van der Waals surface area (Å²) in [5.74, 6) is 1.31. The molecule has 0 aromatic heterocycles. The van der Waals surface area contributed by atoms with Crippen molar-refractivity contribution in [1.82, 2.24) is 5.32 Å². The Morgan fingerprint density at radius 3 is 2.33 bits per heavy atom. The molecule has 72 valence electrons. The highest BCUT2D eigenvalue weighted by molar-refractivity contribution is 6.37. The van der Waals surface area contributed by atoms with Crippen molar-refractivity contribution in [1.29, 1.82) is 0 Å². The first-order chi connectivity index (χ1) is 7.24. The molecular formula is C12H7NO2. The zero-order chi connectivity index (χ0) is 10.8. The molecule has 0 radical (unpaired) electrons. The van der Waals surface area contributed by atoms with Crippen LogP contribution in [0.5, 0.6) is 0 Å². The molecule has 0 fully saturated rings. The largest absolute Gasteiger partial charge is 0.288 e. The zero-order valence-corrected chi connectivity index (χ0v) is 7.78. The van der Waals surface area contributed by atoms with Crippen molar-refractivity contribution in [3.05, 3.63) is 41.5 Å². The summed E-state index contributed by atoms with van der Waals surface area (Å²) in [6.07, 6.45) is 5.19. The zero-order valence-electron chi connectivity index (χ0n) is 7.78. The van der Waals surface area contributed by atoms with Gasteiger partial charge in [-0.3, -0.25) is 14.9 Å². The summed E-state index contributed by atoms with van der Waals surface area (Å²) in [7, 11) is 0. The fraction of sp³-hybridized carbons (Fsp3) is 0. The number of hydrogen-bond acceptors (Lipinski definition) is 2. The van der Waals surface area contributed by atoms with Crippen molar-refractivity contribution >= 4 is 17.4 Å². The van der Waals surface area contributed by atoms with Crippen LogP contribution in [-0.4, -0.2) is 11.8 Å². The van der Waals surface area contributed by atoms with E-state index in [-0.39, 0.29) is 11.1 Å². The van der Waals surface area contributed by atoms with E-state index in [9.17, 15) is 9.59 Å². The van der Waals surface area contributed by atoms with Crippen LogP contribution in [0.2, 0.25) is 0 Å². The lowest BCUT2D eigenvalue weighted by molar-refractivity contribution is -0.123. The molecule has 1 aliphatic rings. The van der Waals surface area contributed by atoms with Crippen LogP contribution in [0.4, 0.5) is 0 Å². The topological polar surface area (TPSA) is 46.2 Å². The molecule has 15 heavy (non-hydrogen) atoms. The molecule has 3 nitrogen and oxygen atoms in total. The van der Waals surface area contributed by atoms with Gasteiger partial charge in [0.2, 0.25) is 0 Å². The van der Waals surface area contributed by atoms with Gasteiger partial charge in [0.25, 0.3) is 11.8 Å². The minimum Gasteiger partial charge on any atom is -0.288 e. The van der Waals surface area contributed by atoms with Crippen LogP contribution in [0.1, 0.15) is 5.56 Å². The first-order valence-electron chi connectivity index (χ1n) is 4.36. The van der Waals surface area contributed by atoms with E-state index in [0.29, 0.717) is 5.56 Å². The van der Waals surface area contributed by atoms with Gasteiger partial charge in [-0.05, 0) is 5.56 Å². The van der Waals surface area contributed by atoms with Gasteiger partial charge in [0.15, 0.2) is 0 Å². The average molecular weight is 197 g/mol. The van der Waals surface area contributed by atoms with Crippen LogP contribution < -0.4 is 5.32 Å². The average Bonchev–Trinajstić information content (AvgIpc) is 2.54. The van der Waals surface area contributed by atoms with Gasteiger partial charge in [-0.15, -0.1) is 6.42 Å². The maximum Gasteiger partial charge on any atom is 0.267 e. The van der Waals surface area contributed by atoms with Crippen LogP contribution in [0.15, 0.2) is 35.9 Å². The third kappa shape index (κ3) is 1.42. The fourth-order valence-electron chi connectivity index (χ4n) is 1.47. The Balaban J connectivity index is 2.62. The van der Waals surface area contributed by atoms with Crippen molar-refractivity contribution in [3.63, 3.8) is 0 Å². The van der Waals surface area contributed by atoms with Crippen LogP contribution in [-0.2, 0) is 9.59 Å². The maximum atomic E-state index is 11.5. The maximum absolute atomic E-state index is 11.5. The lowest BCUT2D eigenvalue weighted by atomic mass is 10.0. The molecule has 0 bridgehead atoms. The second-order valence-electron chi connectivity index (χ2n) is 3.04. The molecule has 1 aliphatic heterocycles. The number of hydrogen-bond donors (Lipinski definition) is 1. The molecule has 1 N–H and O–H groups in total. The highest BCUT2D eigenvalue weighted by Crippen LogP contribution is 2.22. The van der Waals surface area contributed by atoms with E-state index in [1.165, 1.54) is 0 Å². The summed E-state index contributed by atoms with van der Waals surface area (Å²) in [6, 6.07) is 8.88. The first kappa shape index (κ1) is 9.22. The quantitative estimate of drug-likeness (QED) is 0.533. The highest BCUT2D eigenvalue weighted by Gasteiger charge is 2.29. The summed E-state index contributed by atoms with van der Waals surface area (Å²) in [4.78, 5) is 22.7. The van der Waals surface area contributed by atoms with Crippen molar-refractivity contribution in [2.24, 2.45) is 0 Å². The fourth-order valence-corrected chi connectivity index (χ4v) is 1.47. The molecule has 1 aromatic carbocycles. The SMILES string of the molecule is C#CC1=C(c2ccccc2)C(=O)NC1=O. The lowest BCUT2D eigenvalue weighted by Gasteiger charge is -1.98. The van der Waals surface area contributed by atoms with E-state index in [1.54, 1.807) is 24.3 Å². The Morgan fingerprint density at radius 1 is 1.07 bits per heavy atom. The molecule has 0 saturated carbocycles. The third-order valence-corrected chi connectivity index (χ3v) is 2.14. The molecule has 1 heterocycles. The van der Waals surface area contributed by atoms with E-state index < -0.39 is 11.8 Å². The van der Waals surface area contributed by atoms with Crippen LogP contribution in [0.3, 0.4) is 0 Å². The lowest BCUT2D eigenvalue weighted by Crippen LogP contribution is -2.22. The Hall–Kier alpha value is -2.34. The van der Waals surface area contributed by atoms with Gasteiger partial charge >= 0.3 is 0 Å². The van der Waals surface area contributed by atoms with Crippen LogP contribution in [0.25, 0.3) is 5.57 Å². The predicted octanol–water partition coefficient (Wildman–Crippen LogP) is 0.730. The number of terminal acetylenes is 1. The summed E-state index contributed by atoms with van der Waals surface area (Å²) in [5.41, 5.74) is 1.04. The molecule has 0 unspecified atom stereocenters. The number of imide groups is 1. The molecule has 3 heteroatoms. The number of carbonyl (C=O) groups excluding carboxylic acids is 2. The molecule has 0 spiro atoms. The van der Waals surface area contributed by atoms with E-state index in [1.807, 2.05) is 6.07 Å². The summed E-state index contributed by atoms with van der Waals surface area (Å²) >= 11 is 0. The van der Waals surface area contributed by atoms with Gasteiger partial charge in [-0.25, -0.2) is 0 Å². The van der Waals surface area contributed by atoms with E-state index >= 15 is 0 Å². The van der Waals surface area contributed by atoms with Gasteiger partial charge in [0.05, 0.1) is 5.57 Å². The minimum absolute atomic E-state index is 0.103. The standard InChI is InChI=1S/C12H7NO2/c1-2-9-10(12(15)13-11(9)14)8-6-4-3-5-7-8/h1,3-7H,(H,13,14,15). The minimum atomic E-state index is -0.499. The number of benzene rings is 1. The van der Waals surface area contributed by atoms with Crippen molar-refractivity contribution in [2.75, 3.05) is 0 Å². The van der Waals surface area contributed by atoms with Gasteiger partial charge < -0.3 is 0 Å². The number of nitrogens with one attached hydrogen (secondary N) is 1. The van der Waals surface area contributed by atoms with Crippen LogP contribution >= 0.6 is 0 Å². The first-order valence-corrected chi connectivity index (χ1v) is 4.36. The summed E-state index contributed by atoms with van der Waals surface area (Å²) < 4.78 is 0. The van der Waals surface area contributed by atoms with E-state index in [0.717, 1.165) is 0 Å². The second kappa shape index (κ2) is 3.43. The Kier molecular flexibility index (Phi) is 2.11. The Labute approximate surface area is 86.8 Å². The number of carbonyl (C=O) groups is 2. The second-order valence-corrected chi connectivity index (χ2v) is 3.04. The predicted molar refractivity (Wildman–Crippen MR) is 55.3 cm³/mol. The van der Waals surface area contributed by atoms with Gasteiger partial charge in [0.1, 0.15) is 5.57 Å². The Morgan fingerprint density at radius 2 is 1.73 bits per heavy atom. The highest BCUT2D eigenvalue weighted by atomic mass is 16.2. The number of rotatable bonds is 1. The smallest absolute Gasteiger partial charge is 0.267 e.